The van der Waals surface area contributed by atoms with Crippen LogP contribution in [0, 0.1) is 6.92 Å². The standard InChI is InChI=1S/C18H16ClN5O/c1-11-8-13(9-21-17(11)24-7-3-5-22-24)12(2)23-10-15-14(18(23)25)4-6-20-16(15)19/h3-9,12H,10H2,1-2H3. The second-order valence-electron chi connectivity index (χ2n) is 6.10. The Morgan fingerprint density at radius 1 is 1.28 bits per heavy atom. The molecular weight excluding hydrogens is 338 g/mol. The largest absolute Gasteiger partial charge is 0.327 e. The van der Waals surface area contributed by atoms with Gasteiger partial charge in [-0.1, -0.05) is 11.6 Å². The maximum atomic E-state index is 12.7. The van der Waals surface area contributed by atoms with Gasteiger partial charge < -0.3 is 4.90 Å². The van der Waals surface area contributed by atoms with Crippen molar-refractivity contribution in [3.63, 3.8) is 0 Å². The molecule has 4 heterocycles. The highest BCUT2D eigenvalue weighted by Crippen LogP contribution is 2.34. The zero-order chi connectivity index (χ0) is 17.6. The summed E-state index contributed by atoms with van der Waals surface area (Å²) in [6, 6.07) is 5.51. The van der Waals surface area contributed by atoms with Crippen LogP contribution in [0.3, 0.4) is 0 Å². The summed E-state index contributed by atoms with van der Waals surface area (Å²) in [7, 11) is 0. The number of pyridine rings is 2. The number of aryl methyl sites for hydroxylation is 1. The average Bonchev–Trinajstić information content (AvgIpc) is 3.24. The van der Waals surface area contributed by atoms with Crippen LogP contribution in [0.15, 0.2) is 43.0 Å². The number of nitrogens with zero attached hydrogens (tertiary/aromatic N) is 5. The second kappa shape index (κ2) is 5.97. The second-order valence-corrected chi connectivity index (χ2v) is 6.45. The van der Waals surface area contributed by atoms with Gasteiger partial charge in [-0.25, -0.2) is 14.6 Å². The van der Waals surface area contributed by atoms with E-state index in [4.69, 9.17) is 11.6 Å². The highest BCUT2D eigenvalue weighted by molar-refractivity contribution is 6.30. The molecule has 1 atom stereocenters. The molecule has 1 aliphatic heterocycles. The molecular formula is C18H16ClN5O. The third-order valence-electron chi connectivity index (χ3n) is 4.57. The zero-order valence-corrected chi connectivity index (χ0v) is 14.6. The Kier molecular flexibility index (Phi) is 3.77. The molecule has 0 bridgehead atoms. The quantitative estimate of drug-likeness (QED) is 0.677. The van der Waals surface area contributed by atoms with E-state index in [0.717, 1.165) is 22.5 Å². The van der Waals surface area contributed by atoms with Gasteiger partial charge in [0.1, 0.15) is 5.15 Å². The first-order chi connectivity index (χ1) is 12.1. The van der Waals surface area contributed by atoms with Crippen molar-refractivity contribution in [2.75, 3.05) is 0 Å². The van der Waals surface area contributed by atoms with Crippen LogP contribution in [-0.2, 0) is 6.54 Å². The van der Waals surface area contributed by atoms with Crippen LogP contribution in [0.25, 0.3) is 5.82 Å². The summed E-state index contributed by atoms with van der Waals surface area (Å²) in [6.45, 7) is 4.44. The maximum absolute atomic E-state index is 12.7. The van der Waals surface area contributed by atoms with Gasteiger partial charge in [0.2, 0.25) is 0 Å². The lowest BCUT2D eigenvalue weighted by Crippen LogP contribution is -2.27. The van der Waals surface area contributed by atoms with E-state index in [-0.39, 0.29) is 11.9 Å². The van der Waals surface area contributed by atoms with Crippen molar-refractivity contribution < 1.29 is 4.79 Å². The van der Waals surface area contributed by atoms with E-state index < -0.39 is 0 Å². The van der Waals surface area contributed by atoms with Gasteiger partial charge in [0.25, 0.3) is 5.91 Å². The van der Waals surface area contributed by atoms with Crippen LogP contribution < -0.4 is 0 Å². The molecule has 0 saturated heterocycles. The fraction of sp³-hybridized carbons (Fsp3) is 0.222. The molecule has 0 saturated carbocycles. The number of aromatic nitrogens is 4. The number of amides is 1. The molecule has 1 aliphatic rings. The average molecular weight is 354 g/mol. The number of fused-ring (bicyclic) bond motifs is 1. The van der Waals surface area contributed by atoms with Gasteiger partial charge in [0, 0.05) is 35.9 Å². The summed E-state index contributed by atoms with van der Waals surface area (Å²) >= 11 is 6.14. The van der Waals surface area contributed by atoms with Gasteiger partial charge in [-0.3, -0.25) is 4.79 Å². The van der Waals surface area contributed by atoms with E-state index in [1.165, 1.54) is 0 Å². The number of carbonyl (C=O) groups excluding carboxylic acids is 1. The molecule has 25 heavy (non-hydrogen) atoms. The van der Waals surface area contributed by atoms with E-state index in [1.54, 1.807) is 34.2 Å². The van der Waals surface area contributed by atoms with Crippen molar-refractivity contribution in [3.8, 4) is 5.82 Å². The highest BCUT2D eigenvalue weighted by Gasteiger charge is 2.33. The molecule has 0 aromatic carbocycles. The third kappa shape index (κ3) is 2.59. The van der Waals surface area contributed by atoms with E-state index >= 15 is 0 Å². The summed E-state index contributed by atoms with van der Waals surface area (Å²) in [4.78, 5) is 23.1. The van der Waals surface area contributed by atoms with Crippen LogP contribution in [0.1, 0.15) is 40.0 Å². The van der Waals surface area contributed by atoms with E-state index in [9.17, 15) is 4.79 Å². The molecule has 126 valence electrons. The lowest BCUT2D eigenvalue weighted by molar-refractivity contribution is 0.0715. The monoisotopic (exact) mass is 353 g/mol. The maximum Gasteiger partial charge on any atom is 0.255 e. The minimum atomic E-state index is -0.117. The normalized spacial score (nSPS) is 14.7. The van der Waals surface area contributed by atoms with Gasteiger partial charge in [-0.2, -0.15) is 5.10 Å². The van der Waals surface area contributed by atoms with Crippen molar-refractivity contribution in [3.05, 3.63) is 70.4 Å². The molecule has 0 spiro atoms. The van der Waals surface area contributed by atoms with Gasteiger partial charge in [0.05, 0.1) is 12.6 Å². The Balaban J connectivity index is 1.64. The Morgan fingerprint density at radius 3 is 2.80 bits per heavy atom. The van der Waals surface area contributed by atoms with Crippen molar-refractivity contribution in [2.24, 2.45) is 0 Å². The van der Waals surface area contributed by atoms with Crippen LogP contribution >= 0.6 is 11.6 Å². The van der Waals surface area contributed by atoms with Crippen molar-refractivity contribution >= 4 is 17.5 Å². The molecule has 6 nitrogen and oxygen atoms in total. The van der Waals surface area contributed by atoms with E-state index in [2.05, 4.69) is 15.1 Å². The van der Waals surface area contributed by atoms with Gasteiger partial charge in [0.15, 0.2) is 5.82 Å². The summed E-state index contributed by atoms with van der Waals surface area (Å²) < 4.78 is 1.73. The van der Waals surface area contributed by atoms with Crippen LogP contribution in [-0.4, -0.2) is 30.6 Å². The summed E-state index contributed by atoms with van der Waals surface area (Å²) in [6.07, 6.45) is 6.94. The number of carbonyl (C=O) groups is 1. The van der Waals surface area contributed by atoms with Crippen molar-refractivity contribution in [2.45, 2.75) is 26.4 Å². The molecule has 0 fully saturated rings. The Morgan fingerprint density at radius 2 is 2.12 bits per heavy atom. The van der Waals surface area contributed by atoms with Gasteiger partial charge >= 0.3 is 0 Å². The topological polar surface area (TPSA) is 63.9 Å². The number of hydrogen-bond acceptors (Lipinski definition) is 4. The number of halogens is 1. The zero-order valence-electron chi connectivity index (χ0n) is 13.8. The lowest BCUT2D eigenvalue weighted by atomic mass is 10.1. The fourth-order valence-electron chi connectivity index (χ4n) is 3.16. The minimum absolute atomic E-state index is 0.0272. The molecule has 0 aliphatic carbocycles. The van der Waals surface area contributed by atoms with Crippen LogP contribution in [0.4, 0.5) is 0 Å². The van der Waals surface area contributed by atoms with Crippen molar-refractivity contribution in [1.82, 2.24) is 24.6 Å². The molecule has 4 rings (SSSR count). The first-order valence-corrected chi connectivity index (χ1v) is 8.35. The van der Waals surface area contributed by atoms with Gasteiger partial charge in [-0.05, 0) is 43.2 Å². The fourth-order valence-corrected chi connectivity index (χ4v) is 3.38. The van der Waals surface area contributed by atoms with Crippen LogP contribution in [0.5, 0.6) is 0 Å². The molecule has 3 aromatic heterocycles. The molecule has 1 unspecified atom stereocenters. The molecule has 3 aromatic rings. The molecule has 1 amide bonds. The summed E-state index contributed by atoms with van der Waals surface area (Å²) in [5.41, 5.74) is 3.39. The van der Waals surface area contributed by atoms with Crippen LogP contribution in [0.2, 0.25) is 5.15 Å². The lowest BCUT2D eigenvalue weighted by Gasteiger charge is -2.25. The first-order valence-electron chi connectivity index (χ1n) is 7.97. The Bertz CT molecular complexity index is 954. The predicted octanol–water partition coefficient (Wildman–Crippen LogP) is 3.34. The Labute approximate surface area is 150 Å². The summed E-state index contributed by atoms with van der Waals surface area (Å²) in [5, 5.41) is 4.61. The van der Waals surface area contributed by atoms with E-state index in [0.29, 0.717) is 17.3 Å². The third-order valence-corrected chi connectivity index (χ3v) is 4.89. The van der Waals surface area contributed by atoms with E-state index in [1.807, 2.05) is 32.2 Å². The molecule has 0 N–H and O–H groups in total. The predicted molar refractivity (Wildman–Crippen MR) is 93.6 cm³/mol. The van der Waals surface area contributed by atoms with Gasteiger partial charge in [-0.15, -0.1) is 0 Å². The molecule has 7 heteroatoms. The highest BCUT2D eigenvalue weighted by atomic mass is 35.5. The summed E-state index contributed by atoms with van der Waals surface area (Å²) in [5.74, 6) is 0.754. The van der Waals surface area contributed by atoms with Crippen molar-refractivity contribution in [1.29, 1.82) is 0 Å². The Hall–Kier alpha value is -2.73. The first kappa shape index (κ1) is 15.8. The SMILES string of the molecule is Cc1cc(C(C)N2Cc3c(ccnc3Cl)C2=O)cnc1-n1cccn1. The number of hydrogen-bond donors (Lipinski definition) is 0. The minimum Gasteiger partial charge on any atom is -0.327 e. The molecule has 0 radical (unpaired) electrons. The number of rotatable bonds is 3. The smallest absolute Gasteiger partial charge is 0.255 e.